The minimum Gasteiger partial charge on any atom is -0.221 e. The van der Waals surface area contributed by atoms with Gasteiger partial charge in [-0.25, -0.2) is 4.68 Å². The van der Waals surface area contributed by atoms with Crippen LogP contribution in [0.15, 0.2) is 30.7 Å². The van der Waals surface area contributed by atoms with Crippen molar-refractivity contribution >= 4 is 0 Å². The molecule has 2 aromatic rings. The molecule has 0 bridgehead atoms. The molecule has 5 heteroatoms. The molecule has 0 radical (unpaired) electrons. The third kappa shape index (κ3) is 1.07. The molecular weight excluding hydrogens is 142 g/mol. The normalized spacial score (nSPS) is 9.82. The lowest BCUT2D eigenvalue weighted by Crippen LogP contribution is -1.99. The van der Waals surface area contributed by atoms with Gasteiger partial charge in [0.15, 0.2) is 5.82 Å². The molecule has 0 unspecified atom stereocenters. The van der Waals surface area contributed by atoms with Crippen molar-refractivity contribution < 1.29 is 0 Å². The third-order valence-corrected chi connectivity index (χ3v) is 1.23. The highest BCUT2D eigenvalue weighted by Gasteiger charge is 1.94. The molecule has 0 saturated heterocycles. The number of nitrogens with zero attached hydrogens (tertiary/aromatic N) is 5. The van der Waals surface area contributed by atoms with Gasteiger partial charge in [0.05, 0.1) is 6.20 Å². The molecule has 0 amide bonds. The lowest BCUT2D eigenvalue weighted by atomic mass is 10.6. The van der Waals surface area contributed by atoms with E-state index in [4.69, 9.17) is 0 Å². The van der Waals surface area contributed by atoms with Crippen LogP contribution in [0.3, 0.4) is 0 Å². The molecule has 0 aromatic carbocycles. The summed E-state index contributed by atoms with van der Waals surface area (Å²) in [6.45, 7) is 0. The van der Waals surface area contributed by atoms with Crippen molar-refractivity contribution in [3.63, 3.8) is 0 Å². The van der Waals surface area contributed by atoms with Gasteiger partial charge in [0, 0.05) is 18.5 Å². The molecule has 11 heavy (non-hydrogen) atoms. The first kappa shape index (κ1) is 5.96. The lowest BCUT2D eigenvalue weighted by Gasteiger charge is -1.94. The number of rotatable bonds is 1. The smallest absolute Gasteiger partial charge is 0.179 e. The van der Waals surface area contributed by atoms with Gasteiger partial charge in [0.25, 0.3) is 0 Å². The number of hydrogen-bond acceptors (Lipinski definition) is 4. The second-order valence-corrected chi connectivity index (χ2v) is 1.93. The van der Waals surface area contributed by atoms with E-state index in [2.05, 4.69) is 20.5 Å². The van der Waals surface area contributed by atoms with Crippen molar-refractivity contribution in [3.8, 4) is 5.82 Å². The van der Waals surface area contributed by atoms with Crippen molar-refractivity contribution in [2.24, 2.45) is 0 Å². The molecule has 0 aliphatic carbocycles. The van der Waals surface area contributed by atoms with E-state index in [1.807, 2.05) is 6.07 Å². The summed E-state index contributed by atoms with van der Waals surface area (Å²) in [4.78, 5) is 0. The van der Waals surface area contributed by atoms with E-state index in [9.17, 15) is 0 Å². The fourth-order valence-corrected chi connectivity index (χ4v) is 0.761. The second-order valence-electron chi connectivity index (χ2n) is 1.93. The second kappa shape index (κ2) is 2.45. The molecule has 0 aliphatic heterocycles. The zero-order chi connectivity index (χ0) is 7.52. The Morgan fingerprint density at radius 2 is 2.27 bits per heavy atom. The zero-order valence-corrected chi connectivity index (χ0v) is 5.62. The average molecular weight is 147 g/mol. The number of hydrogen-bond donors (Lipinski definition) is 0. The summed E-state index contributed by atoms with van der Waals surface area (Å²) in [6.07, 6.45) is 5.05. The molecule has 54 valence electrons. The van der Waals surface area contributed by atoms with Gasteiger partial charge >= 0.3 is 0 Å². The molecule has 5 nitrogen and oxygen atoms in total. The van der Waals surface area contributed by atoms with Crippen LogP contribution in [0.2, 0.25) is 0 Å². The molecule has 0 fully saturated rings. The van der Waals surface area contributed by atoms with Crippen LogP contribution < -0.4 is 0 Å². The quantitative estimate of drug-likeness (QED) is 0.572. The zero-order valence-electron chi connectivity index (χ0n) is 5.62. The van der Waals surface area contributed by atoms with E-state index in [1.165, 1.54) is 0 Å². The summed E-state index contributed by atoms with van der Waals surface area (Å²) in [5.74, 6) is 0.671. The van der Waals surface area contributed by atoms with Gasteiger partial charge in [-0.3, -0.25) is 0 Å². The summed E-state index contributed by atoms with van der Waals surface area (Å²) in [6, 6.07) is 3.56. The van der Waals surface area contributed by atoms with Crippen LogP contribution >= 0.6 is 0 Å². The standard InChI is InChI=1S/C6H5N5/c1-3-8-11(5-1)6-2-4-7-10-9-6/h1-5H. The summed E-state index contributed by atoms with van der Waals surface area (Å²) < 4.78 is 1.62. The van der Waals surface area contributed by atoms with Gasteiger partial charge in [-0.1, -0.05) is 0 Å². The Kier molecular flexibility index (Phi) is 1.33. The van der Waals surface area contributed by atoms with Crippen LogP contribution in [0, 0.1) is 0 Å². The van der Waals surface area contributed by atoms with Gasteiger partial charge in [0.2, 0.25) is 0 Å². The highest BCUT2D eigenvalue weighted by molar-refractivity contribution is 5.14. The van der Waals surface area contributed by atoms with Crippen LogP contribution in [0.5, 0.6) is 0 Å². The van der Waals surface area contributed by atoms with Crippen molar-refractivity contribution in [2.45, 2.75) is 0 Å². The summed E-state index contributed by atoms with van der Waals surface area (Å²) in [5.41, 5.74) is 0. The molecular formula is C6H5N5. The third-order valence-electron chi connectivity index (χ3n) is 1.23. The highest BCUT2D eigenvalue weighted by Crippen LogP contribution is 1.95. The van der Waals surface area contributed by atoms with Gasteiger partial charge in [0.1, 0.15) is 0 Å². The summed E-state index contributed by atoms with van der Waals surface area (Å²) >= 11 is 0. The Labute approximate surface area is 62.7 Å². The topological polar surface area (TPSA) is 56.5 Å². The first-order chi connectivity index (χ1) is 5.47. The fraction of sp³-hybridized carbons (Fsp3) is 0. The van der Waals surface area contributed by atoms with Crippen LogP contribution in [0.25, 0.3) is 5.82 Å². The van der Waals surface area contributed by atoms with Gasteiger partial charge < -0.3 is 0 Å². The van der Waals surface area contributed by atoms with E-state index in [1.54, 1.807) is 29.3 Å². The summed E-state index contributed by atoms with van der Waals surface area (Å²) in [5, 5.41) is 14.8. The van der Waals surface area contributed by atoms with Crippen LogP contribution in [-0.4, -0.2) is 25.2 Å². The minimum absolute atomic E-state index is 0.671. The average Bonchev–Trinajstić information content (AvgIpc) is 2.58. The first-order valence-electron chi connectivity index (χ1n) is 3.11. The van der Waals surface area contributed by atoms with Crippen molar-refractivity contribution in [1.82, 2.24) is 25.2 Å². The predicted molar refractivity (Wildman–Crippen MR) is 36.9 cm³/mol. The monoisotopic (exact) mass is 147 g/mol. The highest BCUT2D eigenvalue weighted by atomic mass is 15.4. The summed E-state index contributed by atoms with van der Waals surface area (Å²) in [7, 11) is 0. The lowest BCUT2D eigenvalue weighted by molar-refractivity contribution is 0.769. The molecule has 2 aromatic heterocycles. The van der Waals surface area contributed by atoms with E-state index in [-0.39, 0.29) is 0 Å². The van der Waals surface area contributed by atoms with E-state index >= 15 is 0 Å². The SMILES string of the molecule is c1cnn(-c2ccnnn2)c1. The van der Waals surface area contributed by atoms with Gasteiger partial charge in [-0.15, -0.1) is 10.2 Å². The Hall–Kier alpha value is -1.78. The van der Waals surface area contributed by atoms with Gasteiger partial charge in [-0.05, 0) is 11.3 Å². The van der Waals surface area contributed by atoms with Crippen LogP contribution in [-0.2, 0) is 0 Å². The molecule has 0 spiro atoms. The fourth-order valence-electron chi connectivity index (χ4n) is 0.761. The Morgan fingerprint density at radius 3 is 2.91 bits per heavy atom. The maximum Gasteiger partial charge on any atom is 0.179 e. The Bertz CT molecular complexity index is 314. The maximum atomic E-state index is 3.97. The molecule has 0 saturated carbocycles. The van der Waals surface area contributed by atoms with Crippen molar-refractivity contribution in [1.29, 1.82) is 0 Å². The van der Waals surface area contributed by atoms with Gasteiger partial charge in [-0.2, -0.15) is 5.10 Å². The molecule has 0 N–H and O–H groups in total. The van der Waals surface area contributed by atoms with Crippen molar-refractivity contribution in [2.75, 3.05) is 0 Å². The van der Waals surface area contributed by atoms with E-state index < -0.39 is 0 Å². The van der Waals surface area contributed by atoms with Crippen molar-refractivity contribution in [3.05, 3.63) is 30.7 Å². The van der Waals surface area contributed by atoms with E-state index in [0.717, 1.165) is 0 Å². The molecule has 2 heterocycles. The predicted octanol–water partition coefficient (Wildman–Crippen LogP) is 0.0573. The Balaban J connectivity index is 2.46. The molecule has 0 atom stereocenters. The number of aromatic nitrogens is 5. The van der Waals surface area contributed by atoms with Crippen LogP contribution in [0.4, 0.5) is 0 Å². The molecule has 2 rings (SSSR count). The first-order valence-corrected chi connectivity index (χ1v) is 3.11. The maximum absolute atomic E-state index is 3.97. The minimum atomic E-state index is 0.671. The van der Waals surface area contributed by atoms with E-state index in [0.29, 0.717) is 5.82 Å². The van der Waals surface area contributed by atoms with Crippen LogP contribution in [0.1, 0.15) is 0 Å². The Morgan fingerprint density at radius 1 is 1.27 bits per heavy atom. The largest absolute Gasteiger partial charge is 0.221 e. The molecule has 0 aliphatic rings.